The molecule has 2 atom stereocenters. The van der Waals surface area contributed by atoms with Gasteiger partial charge in [-0.15, -0.1) is 0 Å². The molecule has 0 saturated carbocycles. The summed E-state index contributed by atoms with van der Waals surface area (Å²) in [5, 5.41) is 22.4. The van der Waals surface area contributed by atoms with Gasteiger partial charge in [-0.2, -0.15) is 0 Å². The van der Waals surface area contributed by atoms with Crippen molar-refractivity contribution in [3.05, 3.63) is 24.3 Å². The van der Waals surface area contributed by atoms with Crippen LogP contribution in [0, 0.1) is 0 Å². The van der Waals surface area contributed by atoms with Gasteiger partial charge in [0.2, 0.25) is 5.91 Å². The van der Waals surface area contributed by atoms with Crippen molar-refractivity contribution >= 4 is 5.91 Å². The lowest BCUT2D eigenvalue weighted by Crippen LogP contribution is -2.45. The molecule has 4 heteroatoms. The van der Waals surface area contributed by atoms with Gasteiger partial charge in [-0.05, 0) is 44.9 Å². The lowest BCUT2D eigenvalue weighted by Gasteiger charge is -2.19. The van der Waals surface area contributed by atoms with Crippen LogP contribution in [0.1, 0.15) is 117 Å². The van der Waals surface area contributed by atoms with Crippen LogP contribution in [0.25, 0.3) is 0 Å². The molecule has 0 radical (unpaired) electrons. The van der Waals surface area contributed by atoms with E-state index >= 15 is 0 Å². The van der Waals surface area contributed by atoms with Crippen molar-refractivity contribution in [2.45, 2.75) is 129 Å². The number of unbranched alkanes of at least 4 members (excludes halogenated alkanes) is 12. The Morgan fingerprint density at radius 3 is 1.90 bits per heavy atom. The molecule has 2 unspecified atom stereocenters. The molecule has 0 aromatic carbocycles. The SMILES string of the molecule is CCCCC/C=C/C(O)C(CO)NC(=O)CCCCCCC/C=C\CCCCCC. The quantitative estimate of drug-likeness (QED) is 0.152. The van der Waals surface area contributed by atoms with E-state index in [0.717, 1.165) is 38.5 Å². The zero-order chi connectivity index (χ0) is 22.3. The van der Waals surface area contributed by atoms with Crippen LogP contribution in [-0.2, 0) is 4.79 Å². The summed E-state index contributed by atoms with van der Waals surface area (Å²) in [6, 6.07) is -0.617. The molecule has 0 heterocycles. The minimum absolute atomic E-state index is 0.0847. The minimum Gasteiger partial charge on any atom is -0.394 e. The highest BCUT2D eigenvalue weighted by atomic mass is 16.3. The van der Waals surface area contributed by atoms with Crippen LogP contribution in [0.3, 0.4) is 0 Å². The van der Waals surface area contributed by atoms with Gasteiger partial charge in [-0.1, -0.05) is 89.5 Å². The number of hydrogen-bond donors (Lipinski definition) is 3. The molecule has 30 heavy (non-hydrogen) atoms. The van der Waals surface area contributed by atoms with Gasteiger partial charge >= 0.3 is 0 Å². The Labute approximate surface area is 186 Å². The fourth-order valence-electron chi connectivity index (χ4n) is 3.40. The average molecular weight is 424 g/mol. The molecule has 0 rings (SSSR count). The van der Waals surface area contributed by atoms with Crippen molar-refractivity contribution in [1.82, 2.24) is 5.32 Å². The second-order valence-electron chi connectivity index (χ2n) is 8.40. The van der Waals surface area contributed by atoms with Crippen LogP contribution < -0.4 is 5.32 Å². The lowest BCUT2D eigenvalue weighted by molar-refractivity contribution is -0.123. The number of rotatable bonds is 21. The zero-order valence-electron chi connectivity index (χ0n) is 19.8. The van der Waals surface area contributed by atoms with Gasteiger partial charge in [-0.3, -0.25) is 4.79 Å². The monoisotopic (exact) mass is 423 g/mol. The summed E-state index contributed by atoms with van der Waals surface area (Å²) in [5.41, 5.74) is 0. The van der Waals surface area contributed by atoms with E-state index in [0.29, 0.717) is 6.42 Å². The van der Waals surface area contributed by atoms with Crippen LogP contribution in [0.2, 0.25) is 0 Å². The van der Waals surface area contributed by atoms with Gasteiger partial charge in [0.1, 0.15) is 0 Å². The van der Waals surface area contributed by atoms with Gasteiger partial charge in [0.15, 0.2) is 0 Å². The topological polar surface area (TPSA) is 69.6 Å². The first-order valence-electron chi connectivity index (χ1n) is 12.6. The molecule has 0 aliphatic rings. The molecular formula is C26H49NO3. The third kappa shape index (κ3) is 18.9. The zero-order valence-corrected chi connectivity index (χ0v) is 19.8. The van der Waals surface area contributed by atoms with E-state index in [1.54, 1.807) is 6.08 Å². The van der Waals surface area contributed by atoms with Crippen LogP contribution in [0.15, 0.2) is 24.3 Å². The molecule has 0 saturated heterocycles. The fourth-order valence-corrected chi connectivity index (χ4v) is 3.40. The highest BCUT2D eigenvalue weighted by Gasteiger charge is 2.17. The normalized spacial score (nSPS) is 13.9. The van der Waals surface area contributed by atoms with Crippen LogP contribution >= 0.6 is 0 Å². The molecule has 0 bridgehead atoms. The number of nitrogens with one attached hydrogen (secondary N) is 1. The lowest BCUT2D eigenvalue weighted by atomic mass is 10.1. The Balaban J connectivity index is 3.69. The van der Waals surface area contributed by atoms with Crippen molar-refractivity contribution in [2.75, 3.05) is 6.61 Å². The largest absolute Gasteiger partial charge is 0.394 e. The number of carbonyl (C=O) groups is 1. The van der Waals surface area contributed by atoms with E-state index in [1.165, 1.54) is 57.8 Å². The third-order valence-electron chi connectivity index (χ3n) is 5.43. The van der Waals surface area contributed by atoms with E-state index in [4.69, 9.17) is 0 Å². The van der Waals surface area contributed by atoms with E-state index in [-0.39, 0.29) is 12.5 Å². The minimum atomic E-state index is -0.833. The summed E-state index contributed by atoms with van der Waals surface area (Å²) in [6.45, 7) is 4.15. The Morgan fingerprint density at radius 1 is 0.767 bits per heavy atom. The van der Waals surface area contributed by atoms with Crippen LogP contribution in [0.5, 0.6) is 0 Å². The van der Waals surface area contributed by atoms with Crippen molar-refractivity contribution in [3.8, 4) is 0 Å². The standard InChI is InChI=1S/C26H49NO3/c1-3-5-7-9-10-11-12-13-14-15-16-18-20-22-26(30)27-24(23-28)25(29)21-19-17-8-6-4-2/h11-12,19,21,24-25,28-29H,3-10,13-18,20,22-23H2,1-2H3,(H,27,30)/b12-11-,21-19+. The first-order valence-corrected chi connectivity index (χ1v) is 12.6. The Bertz CT molecular complexity index is 434. The first-order chi connectivity index (χ1) is 14.7. The van der Waals surface area contributed by atoms with Crippen molar-refractivity contribution in [1.29, 1.82) is 0 Å². The van der Waals surface area contributed by atoms with Crippen molar-refractivity contribution in [3.63, 3.8) is 0 Å². The Hall–Kier alpha value is -1.13. The van der Waals surface area contributed by atoms with E-state index < -0.39 is 12.1 Å². The van der Waals surface area contributed by atoms with Gasteiger partial charge in [0, 0.05) is 6.42 Å². The maximum Gasteiger partial charge on any atom is 0.220 e. The summed E-state index contributed by atoms with van der Waals surface area (Å²) in [7, 11) is 0. The molecule has 0 aliphatic carbocycles. The number of hydrogen-bond acceptors (Lipinski definition) is 3. The third-order valence-corrected chi connectivity index (χ3v) is 5.43. The average Bonchev–Trinajstić information content (AvgIpc) is 2.75. The summed E-state index contributed by atoms with van der Waals surface area (Å²) < 4.78 is 0. The Kier molecular flexibility index (Phi) is 21.7. The summed E-state index contributed by atoms with van der Waals surface area (Å²) in [5.74, 6) is -0.0847. The van der Waals surface area contributed by atoms with E-state index in [9.17, 15) is 15.0 Å². The van der Waals surface area contributed by atoms with Crippen molar-refractivity contribution < 1.29 is 15.0 Å². The summed E-state index contributed by atoms with van der Waals surface area (Å²) in [4.78, 5) is 12.1. The molecule has 0 aromatic rings. The molecule has 176 valence electrons. The summed E-state index contributed by atoms with van der Waals surface area (Å²) >= 11 is 0. The molecule has 0 spiro atoms. The Morgan fingerprint density at radius 2 is 1.27 bits per heavy atom. The molecule has 0 fully saturated rings. The highest BCUT2D eigenvalue weighted by molar-refractivity contribution is 5.76. The van der Waals surface area contributed by atoms with Gasteiger partial charge in [0.25, 0.3) is 0 Å². The number of aliphatic hydroxyl groups is 2. The van der Waals surface area contributed by atoms with E-state index in [2.05, 4.69) is 31.3 Å². The molecule has 3 N–H and O–H groups in total. The maximum atomic E-state index is 12.1. The van der Waals surface area contributed by atoms with E-state index in [1.807, 2.05) is 6.08 Å². The second-order valence-corrected chi connectivity index (χ2v) is 8.40. The van der Waals surface area contributed by atoms with Gasteiger partial charge in [-0.25, -0.2) is 0 Å². The maximum absolute atomic E-state index is 12.1. The van der Waals surface area contributed by atoms with Crippen LogP contribution in [-0.4, -0.2) is 34.9 Å². The second kappa shape index (κ2) is 22.6. The summed E-state index contributed by atoms with van der Waals surface area (Å²) in [6.07, 6.45) is 25.5. The van der Waals surface area contributed by atoms with Crippen LogP contribution in [0.4, 0.5) is 0 Å². The van der Waals surface area contributed by atoms with Gasteiger partial charge in [0.05, 0.1) is 18.8 Å². The fraction of sp³-hybridized carbons (Fsp3) is 0.808. The molecule has 0 aliphatic heterocycles. The predicted molar refractivity (Wildman–Crippen MR) is 129 cm³/mol. The highest BCUT2D eigenvalue weighted by Crippen LogP contribution is 2.09. The van der Waals surface area contributed by atoms with Crippen molar-refractivity contribution in [2.24, 2.45) is 0 Å². The molecule has 1 amide bonds. The number of allylic oxidation sites excluding steroid dienone is 3. The first kappa shape index (κ1) is 28.9. The number of amides is 1. The number of carbonyl (C=O) groups excluding carboxylic acids is 1. The predicted octanol–water partition coefficient (Wildman–Crippen LogP) is 6.22. The molecule has 4 nitrogen and oxygen atoms in total. The smallest absolute Gasteiger partial charge is 0.220 e. The molecule has 0 aromatic heterocycles. The van der Waals surface area contributed by atoms with Gasteiger partial charge < -0.3 is 15.5 Å². The number of aliphatic hydroxyl groups excluding tert-OH is 2. The molecular weight excluding hydrogens is 374 g/mol.